The molecule has 4 N–H and O–H groups in total. The van der Waals surface area contributed by atoms with E-state index in [4.69, 9.17) is 9.47 Å². The molecular weight excluding hydrogens is 364 g/mol. The van der Waals surface area contributed by atoms with Gasteiger partial charge in [-0.2, -0.15) is 0 Å². The molecule has 7 nitrogen and oxygen atoms in total. The van der Waals surface area contributed by atoms with Gasteiger partial charge in [0.1, 0.15) is 30.7 Å². The van der Waals surface area contributed by atoms with Gasteiger partial charge in [-0.3, -0.25) is 4.79 Å². The maximum Gasteiger partial charge on any atom is 0.186 e. The van der Waals surface area contributed by atoms with Gasteiger partial charge in [-0.05, 0) is 49.3 Å². The van der Waals surface area contributed by atoms with Crippen LogP contribution in [0.1, 0.15) is 40.5 Å². The average Bonchev–Trinajstić information content (AvgIpc) is 2.61. The Morgan fingerprint density at radius 2 is 1.93 bits per heavy atom. The molecular formula is C21H32O7. The van der Waals surface area contributed by atoms with E-state index in [1.807, 2.05) is 26.0 Å². The normalized spacial score (nSPS) is 36.8. The summed E-state index contributed by atoms with van der Waals surface area (Å²) in [5, 5.41) is 39.3. The highest BCUT2D eigenvalue weighted by molar-refractivity contribution is 5.67. The molecule has 0 radical (unpaired) electrons. The third-order valence-corrected chi connectivity index (χ3v) is 5.48. The molecule has 6 atom stereocenters. The lowest BCUT2D eigenvalue weighted by atomic mass is 9.71. The van der Waals surface area contributed by atoms with E-state index in [1.165, 1.54) is 11.6 Å². The molecule has 1 aliphatic heterocycles. The first-order valence-electron chi connectivity index (χ1n) is 9.57. The summed E-state index contributed by atoms with van der Waals surface area (Å²) in [6, 6.07) is 0. The van der Waals surface area contributed by atoms with Crippen molar-refractivity contribution in [2.75, 3.05) is 6.61 Å². The minimum Gasteiger partial charge on any atom is -0.394 e. The van der Waals surface area contributed by atoms with Crippen molar-refractivity contribution in [1.29, 1.82) is 0 Å². The van der Waals surface area contributed by atoms with Crippen LogP contribution in [0.4, 0.5) is 0 Å². The van der Waals surface area contributed by atoms with Crippen LogP contribution < -0.4 is 0 Å². The largest absolute Gasteiger partial charge is 0.394 e. The maximum atomic E-state index is 10.6. The third kappa shape index (κ3) is 5.17. The highest BCUT2D eigenvalue weighted by atomic mass is 16.7. The molecule has 0 aromatic carbocycles. The first kappa shape index (κ1) is 22.9. The number of ether oxygens (including phenoxy) is 2. The van der Waals surface area contributed by atoms with Crippen LogP contribution in [-0.2, 0) is 14.3 Å². The molecule has 0 bridgehead atoms. The molecule has 0 saturated carbocycles. The number of aliphatic hydroxyl groups is 4. The predicted molar refractivity (Wildman–Crippen MR) is 103 cm³/mol. The first-order chi connectivity index (χ1) is 13.1. The Kier molecular flexibility index (Phi) is 7.73. The fourth-order valence-electron chi connectivity index (χ4n) is 3.99. The molecule has 0 aromatic heterocycles. The summed E-state index contributed by atoms with van der Waals surface area (Å²) in [7, 11) is 0. The van der Waals surface area contributed by atoms with Crippen molar-refractivity contribution < 1.29 is 34.7 Å². The molecule has 0 amide bonds. The Hall–Kier alpha value is -1.35. The van der Waals surface area contributed by atoms with Crippen molar-refractivity contribution in [1.82, 2.24) is 0 Å². The molecule has 1 saturated heterocycles. The second-order valence-electron chi connectivity index (χ2n) is 8.32. The predicted octanol–water partition coefficient (Wildman–Crippen LogP) is 1.01. The second-order valence-corrected chi connectivity index (χ2v) is 8.32. The van der Waals surface area contributed by atoms with Gasteiger partial charge in [-0.1, -0.05) is 31.6 Å². The maximum absolute atomic E-state index is 10.6. The highest BCUT2D eigenvalue weighted by Gasteiger charge is 2.45. The third-order valence-electron chi connectivity index (χ3n) is 5.48. The smallest absolute Gasteiger partial charge is 0.186 e. The van der Waals surface area contributed by atoms with Crippen molar-refractivity contribution in [3.8, 4) is 0 Å². The SMILES string of the molecule is CC1=C(/C=C/C(C)=C/C=O)C(C)(C)C[C@H](O[C@@H]2O[C@H](CO)[C@@H](O)[C@H](O)[C@H]2O)C1. The fraction of sp³-hybridized carbons (Fsp3) is 0.667. The number of aldehydes is 1. The first-order valence-corrected chi connectivity index (χ1v) is 9.57. The average molecular weight is 396 g/mol. The number of aliphatic hydroxyl groups excluding tert-OH is 4. The van der Waals surface area contributed by atoms with Gasteiger partial charge < -0.3 is 29.9 Å². The number of carbonyl (C=O) groups is 1. The minimum atomic E-state index is -1.45. The van der Waals surface area contributed by atoms with Crippen LogP contribution in [0.2, 0.25) is 0 Å². The zero-order valence-corrected chi connectivity index (χ0v) is 16.9. The molecule has 7 heteroatoms. The van der Waals surface area contributed by atoms with E-state index in [-0.39, 0.29) is 11.5 Å². The summed E-state index contributed by atoms with van der Waals surface area (Å²) in [5.41, 5.74) is 2.95. The van der Waals surface area contributed by atoms with Crippen molar-refractivity contribution in [3.05, 3.63) is 34.9 Å². The Balaban J connectivity index is 2.14. The van der Waals surface area contributed by atoms with Gasteiger partial charge in [0.2, 0.25) is 0 Å². The van der Waals surface area contributed by atoms with Crippen LogP contribution in [0.25, 0.3) is 0 Å². The molecule has 0 spiro atoms. The standard InChI is InChI=1S/C21H32O7/c1-12(7-8-22)5-6-15-13(2)9-14(10-21(15,3)4)27-20-19(26)18(25)17(24)16(11-23)28-20/h5-8,14,16-20,23-26H,9-11H2,1-4H3/b6-5+,12-7+/t14-,16-,17-,18+,19-,20-/m1/s1. The topological polar surface area (TPSA) is 116 Å². The van der Waals surface area contributed by atoms with Crippen LogP contribution in [0.3, 0.4) is 0 Å². The zero-order chi connectivity index (χ0) is 21.1. The summed E-state index contributed by atoms with van der Waals surface area (Å²) < 4.78 is 11.4. The summed E-state index contributed by atoms with van der Waals surface area (Å²) in [6.07, 6.45) is 0.875. The Bertz CT molecular complexity index is 647. The van der Waals surface area contributed by atoms with Gasteiger partial charge in [0.25, 0.3) is 0 Å². The van der Waals surface area contributed by atoms with Crippen LogP contribution >= 0.6 is 0 Å². The number of rotatable bonds is 6. The summed E-state index contributed by atoms with van der Waals surface area (Å²) in [6.45, 7) is 7.59. The van der Waals surface area contributed by atoms with Crippen LogP contribution in [-0.4, -0.2) is 70.1 Å². The number of carbonyl (C=O) groups excluding carboxylic acids is 1. The van der Waals surface area contributed by atoms with Gasteiger partial charge in [0.15, 0.2) is 6.29 Å². The number of hydrogen-bond donors (Lipinski definition) is 4. The van der Waals surface area contributed by atoms with E-state index in [2.05, 4.69) is 13.8 Å². The van der Waals surface area contributed by atoms with E-state index in [1.54, 1.807) is 0 Å². The molecule has 1 fully saturated rings. The Labute approximate surface area is 166 Å². The Morgan fingerprint density at radius 1 is 1.25 bits per heavy atom. The number of hydrogen-bond acceptors (Lipinski definition) is 7. The van der Waals surface area contributed by atoms with Crippen molar-refractivity contribution >= 4 is 6.29 Å². The lowest BCUT2D eigenvalue weighted by molar-refractivity contribution is -0.313. The lowest BCUT2D eigenvalue weighted by Crippen LogP contribution is -2.59. The second kappa shape index (κ2) is 9.43. The Morgan fingerprint density at radius 3 is 2.50 bits per heavy atom. The van der Waals surface area contributed by atoms with Crippen LogP contribution in [0.5, 0.6) is 0 Å². The minimum absolute atomic E-state index is 0.209. The van der Waals surface area contributed by atoms with Gasteiger partial charge in [0, 0.05) is 0 Å². The van der Waals surface area contributed by atoms with E-state index in [0.29, 0.717) is 12.8 Å². The van der Waals surface area contributed by atoms with E-state index in [9.17, 15) is 25.2 Å². The quantitative estimate of drug-likeness (QED) is 0.301. The van der Waals surface area contributed by atoms with E-state index in [0.717, 1.165) is 17.4 Å². The van der Waals surface area contributed by atoms with Gasteiger partial charge >= 0.3 is 0 Å². The molecule has 1 heterocycles. The molecule has 0 aromatic rings. The van der Waals surface area contributed by atoms with Crippen molar-refractivity contribution in [2.45, 2.75) is 77.3 Å². The van der Waals surface area contributed by atoms with Crippen molar-refractivity contribution in [2.24, 2.45) is 5.41 Å². The fourth-order valence-corrected chi connectivity index (χ4v) is 3.99. The van der Waals surface area contributed by atoms with Gasteiger partial charge in [-0.15, -0.1) is 0 Å². The van der Waals surface area contributed by atoms with Gasteiger partial charge in [-0.25, -0.2) is 0 Å². The van der Waals surface area contributed by atoms with Gasteiger partial charge in [0.05, 0.1) is 12.7 Å². The van der Waals surface area contributed by atoms with Crippen LogP contribution in [0, 0.1) is 5.41 Å². The van der Waals surface area contributed by atoms with E-state index >= 15 is 0 Å². The highest BCUT2D eigenvalue weighted by Crippen LogP contribution is 2.43. The summed E-state index contributed by atoms with van der Waals surface area (Å²) >= 11 is 0. The molecule has 2 rings (SSSR count). The molecule has 28 heavy (non-hydrogen) atoms. The lowest BCUT2D eigenvalue weighted by Gasteiger charge is -2.43. The molecule has 2 aliphatic rings. The zero-order valence-electron chi connectivity index (χ0n) is 16.9. The monoisotopic (exact) mass is 396 g/mol. The van der Waals surface area contributed by atoms with Crippen molar-refractivity contribution in [3.63, 3.8) is 0 Å². The summed E-state index contributed by atoms with van der Waals surface area (Å²) in [4.78, 5) is 10.6. The molecule has 0 unspecified atom stereocenters. The molecule has 1 aliphatic carbocycles. The molecule has 158 valence electrons. The van der Waals surface area contributed by atoms with E-state index < -0.39 is 37.3 Å². The summed E-state index contributed by atoms with van der Waals surface area (Å²) in [5.74, 6) is 0. The van der Waals surface area contributed by atoms with Crippen LogP contribution in [0.15, 0.2) is 34.9 Å². The number of allylic oxidation sites excluding steroid dienone is 5.